The third-order valence-electron chi connectivity index (χ3n) is 1.05. The molecule has 3 nitrogen and oxygen atoms in total. The Labute approximate surface area is 65.8 Å². The van der Waals surface area contributed by atoms with E-state index in [9.17, 15) is 4.79 Å². The minimum absolute atomic E-state index is 0.347. The van der Waals surface area contributed by atoms with Crippen LogP contribution in [0.3, 0.4) is 0 Å². The number of rotatable bonds is 1. The maximum Gasteiger partial charge on any atom is 0.357 e. The topological polar surface area (TPSA) is 38.7 Å². The highest BCUT2D eigenvalue weighted by atomic mass is 16.6. The van der Waals surface area contributed by atoms with Crippen molar-refractivity contribution in [1.82, 2.24) is 0 Å². The number of hydrogen-bond acceptors (Lipinski definition) is 3. The average Bonchev–Trinajstić information content (AvgIpc) is 1.50. The summed E-state index contributed by atoms with van der Waals surface area (Å²) in [6.07, 6.45) is 3.20. The lowest BCUT2D eigenvalue weighted by atomic mass is 10.2. The van der Waals surface area contributed by atoms with Gasteiger partial charge in [-0.2, -0.15) is 0 Å². The molecule has 0 amide bonds. The van der Waals surface area contributed by atoms with Crippen molar-refractivity contribution in [3.8, 4) is 0 Å². The Kier molecular flexibility index (Phi) is 1.81. The Morgan fingerprint density at radius 3 is 2.36 bits per heavy atom. The number of hydrogen-bond donors (Lipinski definition) is 0. The van der Waals surface area contributed by atoms with Gasteiger partial charge < -0.3 is 4.74 Å². The number of esters is 1. The van der Waals surface area contributed by atoms with Crippen LogP contribution >= 0.6 is 0 Å². The van der Waals surface area contributed by atoms with Gasteiger partial charge in [0.15, 0.2) is 0 Å². The van der Waals surface area contributed by atoms with Crippen molar-refractivity contribution >= 4 is 12.2 Å². The largest absolute Gasteiger partial charge is 0.455 e. The van der Waals surface area contributed by atoms with Crippen LogP contribution in [0.2, 0.25) is 0 Å². The molecule has 1 aliphatic rings. The lowest BCUT2D eigenvalue weighted by Crippen LogP contribution is -2.25. The fourth-order valence-electron chi connectivity index (χ4n) is 0.600. The average molecular weight is 153 g/mol. The summed E-state index contributed by atoms with van der Waals surface area (Å²) < 4.78 is 5.02. The van der Waals surface area contributed by atoms with Crippen LogP contribution in [0.5, 0.6) is 0 Å². The van der Waals surface area contributed by atoms with E-state index in [4.69, 9.17) is 4.74 Å². The van der Waals surface area contributed by atoms with E-state index in [2.05, 4.69) is 4.99 Å². The van der Waals surface area contributed by atoms with E-state index < -0.39 is 5.60 Å². The number of carbonyl (C=O) groups is 1. The highest BCUT2D eigenvalue weighted by Gasteiger charge is 2.20. The third kappa shape index (κ3) is 2.18. The van der Waals surface area contributed by atoms with Gasteiger partial charge in [0, 0.05) is 6.21 Å². The molecule has 0 saturated heterocycles. The summed E-state index contributed by atoms with van der Waals surface area (Å²) in [5, 5.41) is 0. The van der Waals surface area contributed by atoms with Crippen molar-refractivity contribution in [2.24, 2.45) is 4.99 Å². The van der Waals surface area contributed by atoms with Gasteiger partial charge in [-0.3, -0.25) is 0 Å². The first-order valence-corrected chi connectivity index (χ1v) is 3.47. The van der Waals surface area contributed by atoms with Crippen LogP contribution in [-0.4, -0.2) is 17.8 Å². The summed E-state index contributed by atoms with van der Waals surface area (Å²) >= 11 is 0. The van der Waals surface area contributed by atoms with Crippen molar-refractivity contribution in [2.45, 2.75) is 26.4 Å². The predicted octanol–water partition coefficient (Wildman–Crippen LogP) is 1.30. The van der Waals surface area contributed by atoms with Gasteiger partial charge in [0.05, 0.1) is 0 Å². The molecule has 1 rings (SSSR count). The maximum absolute atomic E-state index is 11.0. The van der Waals surface area contributed by atoms with Crippen LogP contribution in [0, 0.1) is 0 Å². The SMILES string of the molecule is CC(C)(C)OC(=O)C1=CC=N1. The summed E-state index contributed by atoms with van der Waals surface area (Å²) in [5.74, 6) is -0.347. The Hall–Kier alpha value is -1.12. The molecule has 0 unspecified atom stereocenters. The van der Waals surface area contributed by atoms with Crippen LogP contribution in [-0.2, 0) is 9.53 Å². The van der Waals surface area contributed by atoms with E-state index in [0.717, 1.165) is 0 Å². The second-order valence-electron chi connectivity index (χ2n) is 3.33. The van der Waals surface area contributed by atoms with Crippen molar-refractivity contribution in [2.75, 3.05) is 0 Å². The lowest BCUT2D eigenvalue weighted by Gasteiger charge is -2.20. The summed E-state index contributed by atoms with van der Waals surface area (Å²) in [6, 6.07) is 0. The molecule has 0 aromatic rings. The van der Waals surface area contributed by atoms with Gasteiger partial charge in [0.25, 0.3) is 0 Å². The molecule has 11 heavy (non-hydrogen) atoms. The van der Waals surface area contributed by atoms with Gasteiger partial charge in [-0.05, 0) is 26.8 Å². The van der Waals surface area contributed by atoms with E-state index in [1.54, 1.807) is 12.3 Å². The van der Waals surface area contributed by atoms with Gasteiger partial charge in [-0.25, -0.2) is 9.79 Å². The van der Waals surface area contributed by atoms with Crippen LogP contribution < -0.4 is 0 Å². The molecule has 3 heteroatoms. The highest BCUT2D eigenvalue weighted by Crippen LogP contribution is 2.13. The first-order valence-electron chi connectivity index (χ1n) is 3.47. The summed E-state index contributed by atoms with van der Waals surface area (Å²) in [5.41, 5.74) is -0.0248. The second-order valence-corrected chi connectivity index (χ2v) is 3.33. The summed E-state index contributed by atoms with van der Waals surface area (Å²) in [6.45, 7) is 5.48. The van der Waals surface area contributed by atoms with Gasteiger partial charge in [-0.15, -0.1) is 0 Å². The Bertz CT molecular complexity index is 233. The quantitative estimate of drug-likeness (QED) is 0.532. The van der Waals surface area contributed by atoms with Gasteiger partial charge >= 0.3 is 5.97 Å². The minimum atomic E-state index is -0.428. The molecule has 0 radical (unpaired) electrons. The highest BCUT2D eigenvalue weighted by molar-refractivity contribution is 6.00. The van der Waals surface area contributed by atoms with E-state index in [0.29, 0.717) is 5.70 Å². The normalized spacial score (nSPS) is 15.4. The predicted molar refractivity (Wildman–Crippen MR) is 42.4 cm³/mol. The fraction of sp³-hybridized carbons (Fsp3) is 0.500. The van der Waals surface area contributed by atoms with Gasteiger partial charge in [-0.1, -0.05) is 0 Å². The van der Waals surface area contributed by atoms with Crippen LogP contribution in [0.15, 0.2) is 16.8 Å². The summed E-state index contributed by atoms with van der Waals surface area (Å²) in [7, 11) is 0. The fourth-order valence-corrected chi connectivity index (χ4v) is 0.600. The van der Waals surface area contributed by atoms with Crippen LogP contribution in [0.1, 0.15) is 20.8 Å². The molecule has 0 aromatic heterocycles. The third-order valence-corrected chi connectivity index (χ3v) is 1.05. The molecule has 1 aliphatic heterocycles. The first-order chi connectivity index (χ1) is 4.99. The standard InChI is InChI=1S/C8H11NO2/c1-8(2,3)11-7(10)6-4-5-9-6/h4-5H,1-3H3. The molecule has 0 aliphatic carbocycles. The zero-order valence-corrected chi connectivity index (χ0v) is 6.92. The smallest absolute Gasteiger partial charge is 0.357 e. The molecule has 0 spiro atoms. The lowest BCUT2D eigenvalue weighted by molar-refractivity contribution is -0.149. The number of allylic oxidation sites excluding steroid dienone is 1. The number of ether oxygens (including phenoxy) is 1. The van der Waals surface area contributed by atoms with Crippen molar-refractivity contribution in [1.29, 1.82) is 0 Å². The van der Waals surface area contributed by atoms with Gasteiger partial charge in [0.1, 0.15) is 11.3 Å². The van der Waals surface area contributed by atoms with E-state index in [1.165, 1.54) is 0 Å². The monoisotopic (exact) mass is 153 g/mol. The molecule has 60 valence electrons. The van der Waals surface area contributed by atoms with Gasteiger partial charge in [0.2, 0.25) is 0 Å². The van der Waals surface area contributed by atoms with E-state index in [-0.39, 0.29) is 5.97 Å². The first kappa shape index (κ1) is 7.98. The molecular weight excluding hydrogens is 142 g/mol. The molecule has 0 saturated carbocycles. The maximum atomic E-state index is 11.0. The molecule has 1 heterocycles. The molecule has 0 atom stereocenters. The zero-order valence-electron chi connectivity index (χ0n) is 6.92. The van der Waals surface area contributed by atoms with Crippen molar-refractivity contribution < 1.29 is 9.53 Å². The molecule has 0 aromatic carbocycles. The Morgan fingerprint density at radius 1 is 1.55 bits per heavy atom. The summed E-state index contributed by atoms with van der Waals surface area (Å²) in [4.78, 5) is 14.8. The zero-order chi connectivity index (χ0) is 8.48. The minimum Gasteiger partial charge on any atom is -0.455 e. The Morgan fingerprint density at radius 2 is 2.09 bits per heavy atom. The second kappa shape index (κ2) is 2.49. The van der Waals surface area contributed by atoms with Crippen molar-refractivity contribution in [3.63, 3.8) is 0 Å². The van der Waals surface area contributed by atoms with Crippen LogP contribution in [0.4, 0.5) is 0 Å². The van der Waals surface area contributed by atoms with E-state index >= 15 is 0 Å². The Balaban J connectivity index is 2.44. The molecule has 0 fully saturated rings. The molecule has 0 bridgehead atoms. The number of aliphatic imine (C=N–C) groups is 1. The van der Waals surface area contributed by atoms with Crippen LogP contribution in [0.25, 0.3) is 0 Å². The van der Waals surface area contributed by atoms with E-state index in [1.807, 2.05) is 20.8 Å². The van der Waals surface area contributed by atoms with Crippen molar-refractivity contribution in [3.05, 3.63) is 11.8 Å². The molecular formula is C8H11NO2. The molecule has 0 N–H and O–H groups in total. The number of nitrogens with zero attached hydrogens (tertiary/aromatic N) is 1. The number of carbonyl (C=O) groups excluding carboxylic acids is 1.